The number of allylic oxidation sites excluding steroid dienone is 1. The van der Waals surface area contributed by atoms with Gasteiger partial charge in [0.1, 0.15) is 0 Å². The van der Waals surface area contributed by atoms with Crippen molar-refractivity contribution in [2.75, 3.05) is 5.88 Å². The molecule has 3 aromatic rings. The van der Waals surface area contributed by atoms with Crippen molar-refractivity contribution >= 4 is 46.2 Å². The third-order valence-electron chi connectivity index (χ3n) is 4.22. The zero-order valence-electron chi connectivity index (χ0n) is 14.5. The topological polar surface area (TPSA) is 17.1 Å². The Morgan fingerprint density at radius 3 is 1.59 bits per heavy atom. The minimum atomic E-state index is -0.0313. The van der Waals surface area contributed by atoms with Gasteiger partial charge in [-0.1, -0.05) is 77.8 Å². The Kier molecular flexibility index (Phi) is 6.73. The lowest BCUT2D eigenvalue weighted by molar-refractivity contribution is 0.103. The van der Waals surface area contributed by atoms with Gasteiger partial charge in [0, 0.05) is 27.1 Å². The van der Waals surface area contributed by atoms with E-state index < -0.39 is 0 Å². The quantitative estimate of drug-likeness (QED) is 0.234. The van der Waals surface area contributed by atoms with E-state index in [1.807, 2.05) is 78.9 Å². The molecule has 0 saturated heterocycles. The van der Waals surface area contributed by atoms with Crippen molar-refractivity contribution < 1.29 is 4.79 Å². The Balaban J connectivity index is 2.24. The fraction of sp³-hybridized carbons (Fsp3) is 0.0870. The smallest absolute Gasteiger partial charge is 0.189 e. The molecule has 0 heterocycles. The van der Waals surface area contributed by atoms with E-state index >= 15 is 0 Å². The fourth-order valence-electron chi connectivity index (χ4n) is 2.96. The van der Waals surface area contributed by atoms with Crippen LogP contribution in [0, 0.1) is 0 Å². The van der Waals surface area contributed by atoms with E-state index in [4.69, 9.17) is 34.8 Å². The minimum Gasteiger partial charge on any atom is -0.289 e. The van der Waals surface area contributed by atoms with E-state index in [1.54, 1.807) is 0 Å². The molecular formula is C23H17Cl3O. The largest absolute Gasteiger partial charge is 0.289 e. The Morgan fingerprint density at radius 1 is 0.667 bits per heavy atom. The number of hydrogen-bond donors (Lipinski definition) is 0. The Morgan fingerprint density at radius 2 is 1.15 bits per heavy atom. The molecule has 136 valence electrons. The highest BCUT2D eigenvalue weighted by Crippen LogP contribution is 2.32. The molecule has 3 rings (SSSR count). The molecule has 0 aliphatic heterocycles. The van der Waals surface area contributed by atoms with E-state index in [0.717, 1.165) is 16.7 Å². The highest BCUT2D eigenvalue weighted by atomic mass is 35.5. The first kappa shape index (κ1) is 19.7. The Hall–Kier alpha value is -2.06. The van der Waals surface area contributed by atoms with Crippen LogP contribution in [0.15, 0.2) is 84.4 Å². The standard InChI is InChI=1S/C23H17Cl3O/c24-15-14-21(23(27)18-4-2-1-3-5-18)22(16-6-10-19(25)11-7-16)17-8-12-20(26)13-9-17/h1-13H,14-15H2. The van der Waals surface area contributed by atoms with E-state index in [2.05, 4.69) is 0 Å². The summed E-state index contributed by atoms with van der Waals surface area (Å²) in [6.07, 6.45) is 0.454. The van der Waals surface area contributed by atoms with Crippen LogP contribution in [0.4, 0.5) is 0 Å². The Bertz CT molecular complexity index is 896. The lowest BCUT2D eigenvalue weighted by Gasteiger charge is -2.16. The number of rotatable bonds is 6. The van der Waals surface area contributed by atoms with Crippen molar-refractivity contribution in [3.63, 3.8) is 0 Å². The molecule has 0 spiro atoms. The molecule has 27 heavy (non-hydrogen) atoms. The first-order chi connectivity index (χ1) is 13.1. The van der Waals surface area contributed by atoms with E-state index in [1.165, 1.54) is 0 Å². The highest BCUT2D eigenvalue weighted by molar-refractivity contribution is 6.31. The number of alkyl halides is 1. The number of Topliss-reactive ketones (excluding diaryl/α,β-unsaturated/α-hetero) is 1. The molecule has 0 aliphatic rings. The number of halogens is 3. The van der Waals surface area contributed by atoms with Gasteiger partial charge in [-0.3, -0.25) is 4.79 Å². The van der Waals surface area contributed by atoms with Crippen LogP contribution in [0.5, 0.6) is 0 Å². The molecule has 0 saturated carbocycles. The van der Waals surface area contributed by atoms with Gasteiger partial charge in [0.2, 0.25) is 0 Å². The second-order valence-corrected chi connectivity index (χ2v) is 7.25. The third-order valence-corrected chi connectivity index (χ3v) is 4.92. The van der Waals surface area contributed by atoms with E-state index in [-0.39, 0.29) is 5.78 Å². The van der Waals surface area contributed by atoms with E-state index in [9.17, 15) is 4.79 Å². The first-order valence-electron chi connectivity index (χ1n) is 8.51. The van der Waals surface area contributed by atoms with Crippen LogP contribution >= 0.6 is 34.8 Å². The molecule has 0 unspecified atom stereocenters. The molecule has 0 aliphatic carbocycles. The van der Waals surface area contributed by atoms with Crippen molar-refractivity contribution in [1.82, 2.24) is 0 Å². The zero-order valence-corrected chi connectivity index (χ0v) is 16.7. The predicted octanol–water partition coefficient (Wildman–Crippen LogP) is 7.31. The van der Waals surface area contributed by atoms with Crippen LogP contribution in [-0.4, -0.2) is 11.7 Å². The van der Waals surface area contributed by atoms with Gasteiger partial charge in [-0.15, -0.1) is 11.6 Å². The van der Waals surface area contributed by atoms with Crippen LogP contribution in [0.25, 0.3) is 5.57 Å². The van der Waals surface area contributed by atoms with Gasteiger partial charge in [-0.05, 0) is 47.4 Å². The molecule has 1 nitrogen and oxygen atoms in total. The summed E-state index contributed by atoms with van der Waals surface area (Å²) in [5.74, 6) is 0.314. The van der Waals surface area contributed by atoms with Crippen molar-refractivity contribution in [1.29, 1.82) is 0 Å². The normalized spacial score (nSPS) is 10.5. The number of ketones is 1. The number of benzene rings is 3. The van der Waals surface area contributed by atoms with Gasteiger partial charge in [-0.2, -0.15) is 0 Å². The molecule has 0 radical (unpaired) electrons. The fourth-order valence-corrected chi connectivity index (χ4v) is 3.40. The molecule has 0 amide bonds. The third kappa shape index (κ3) is 4.81. The average molecular weight is 416 g/mol. The highest BCUT2D eigenvalue weighted by Gasteiger charge is 2.19. The lowest BCUT2D eigenvalue weighted by Crippen LogP contribution is -2.08. The lowest BCUT2D eigenvalue weighted by atomic mass is 9.88. The average Bonchev–Trinajstić information content (AvgIpc) is 2.70. The second-order valence-electron chi connectivity index (χ2n) is 6.00. The van der Waals surface area contributed by atoms with Gasteiger partial charge in [0.25, 0.3) is 0 Å². The van der Waals surface area contributed by atoms with Gasteiger partial charge in [-0.25, -0.2) is 0 Å². The van der Waals surface area contributed by atoms with Crippen molar-refractivity contribution in [2.45, 2.75) is 6.42 Å². The maximum atomic E-state index is 13.3. The number of hydrogen-bond acceptors (Lipinski definition) is 1. The number of carbonyl (C=O) groups is 1. The van der Waals surface area contributed by atoms with Crippen LogP contribution in [-0.2, 0) is 0 Å². The Labute approximate surface area is 174 Å². The summed E-state index contributed by atoms with van der Waals surface area (Å²) in [5, 5.41) is 1.28. The summed E-state index contributed by atoms with van der Waals surface area (Å²) >= 11 is 18.2. The predicted molar refractivity (Wildman–Crippen MR) is 115 cm³/mol. The van der Waals surface area contributed by atoms with Gasteiger partial charge < -0.3 is 0 Å². The molecule has 0 bridgehead atoms. The molecule has 0 fully saturated rings. The summed E-state index contributed by atoms with van der Waals surface area (Å²) in [4.78, 5) is 13.3. The molecule has 0 N–H and O–H groups in total. The maximum absolute atomic E-state index is 13.3. The second kappa shape index (κ2) is 9.23. The zero-order chi connectivity index (χ0) is 19.2. The molecule has 0 aromatic heterocycles. The van der Waals surface area contributed by atoms with Crippen LogP contribution < -0.4 is 0 Å². The van der Waals surface area contributed by atoms with Crippen LogP contribution in [0.3, 0.4) is 0 Å². The summed E-state index contributed by atoms with van der Waals surface area (Å²) in [5.41, 5.74) is 3.97. The summed E-state index contributed by atoms with van der Waals surface area (Å²) in [6, 6.07) is 24.2. The summed E-state index contributed by atoms with van der Waals surface area (Å²) in [7, 11) is 0. The molecular weight excluding hydrogens is 399 g/mol. The van der Waals surface area contributed by atoms with Gasteiger partial charge >= 0.3 is 0 Å². The van der Waals surface area contributed by atoms with Crippen LogP contribution in [0.2, 0.25) is 10.0 Å². The maximum Gasteiger partial charge on any atom is 0.189 e. The van der Waals surface area contributed by atoms with Crippen molar-refractivity contribution in [3.8, 4) is 0 Å². The van der Waals surface area contributed by atoms with E-state index in [0.29, 0.717) is 33.5 Å². The minimum absolute atomic E-state index is 0.0313. The molecule has 4 heteroatoms. The molecule has 0 atom stereocenters. The van der Waals surface area contributed by atoms with Gasteiger partial charge in [0.05, 0.1) is 0 Å². The SMILES string of the molecule is O=C(C(CCCl)=C(c1ccc(Cl)cc1)c1ccc(Cl)cc1)c1ccccc1. The first-order valence-corrected chi connectivity index (χ1v) is 9.80. The van der Waals surface area contributed by atoms with Crippen molar-refractivity contribution in [2.24, 2.45) is 0 Å². The van der Waals surface area contributed by atoms with Crippen molar-refractivity contribution in [3.05, 3.63) is 111 Å². The number of carbonyl (C=O) groups excluding carboxylic acids is 1. The summed E-state index contributed by atoms with van der Waals surface area (Å²) < 4.78 is 0. The monoisotopic (exact) mass is 414 g/mol. The summed E-state index contributed by atoms with van der Waals surface area (Å²) in [6.45, 7) is 0. The van der Waals surface area contributed by atoms with Crippen LogP contribution in [0.1, 0.15) is 27.9 Å². The van der Waals surface area contributed by atoms with Gasteiger partial charge in [0.15, 0.2) is 5.78 Å². The molecule has 3 aromatic carbocycles.